The Morgan fingerprint density at radius 1 is 0.964 bits per heavy atom. The lowest BCUT2D eigenvalue weighted by molar-refractivity contribution is 0.0542. The van der Waals surface area contributed by atoms with Gasteiger partial charge in [-0.1, -0.05) is 29.8 Å². The summed E-state index contributed by atoms with van der Waals surface area (Å²) in [6.45, 7) is 9.77. The lowest BCUT2D eigenvalue weighted by atomic mass is 9.97. The summed E-state index contributed by atoms with van der Waals surface area (Å²) < 4.78 is 11.8. The average Bonchev–Trinajstić information content (AvgIpc) is 2.65. The standard InChI is InChI=1S/C22H28N2O4/c1-13(2)23-18-12-17(16-10-8-15(5)9-11-16)19(21(25)27-6)20(22(26)28-7)24(18)14(3)4/h8-14H,1-7H3. The number of aryl methyl sites for hydroxylation is 1. The van der Waals surface area contributed by atoms with E-state index in [0.717, 1.165) is 11.1 Å². The van der Waals surface area contributed by atoms with Crippen molar-refractivity contribution in [1.82, 2.24) is 4.57 Å². The van der Waals surface area contributed by atoms with Gasteiger partial charge in [-0.25, -0.2) is 9.59 Å². The van der Waals surface area contributed by atoms with Crippen molar-refractivity contribution < 1.29 is 19.1 Å². The quantitative estimate of drug-likeness (QED) is 0.733. The SMILES string of the molecule is COC(=O)c1c(-c2ccc(C)cc2)cc(=NC(C)C)n(C(C)C)c1C(=O)OC. The predicted molar refractivity (Wildman–Crippen MR) is 108 cm³/mol. The fraction of sp³-hybridized carbons (Fsp3) is 0.409. The molecule has 0 fully saturated rings. The van der Waals surface area contributed by atoms with Crippen LogP contribution in [0.15, 0.2) is 35.3 Å². The molecule has 0 atom stereocenters. The monoisotopic (exact) mass is 384 g/mol. The molecule has 0 aliphatic heterocycles. The molecule has 6 heteroatoms. The molecule has 2 aromatic rings. The topological polar surface area (TPSA) is 69.9 Å². The summed E-state index contributed by atoms with van der Waals surface area (Å²) in [5.74, 6) is -1.20. The summed E-state index contributed by atoms with van der Waals surface area (Å²) >= 11 is 0. The summed E-state index contributed by atoms with van der Waals surface area (Å²) in [6.07, 6.45) is 0. The lowest BCUT2D eigenvalue weighted by Crippen LogP contribution is -2.33. The first-order chi connectivity index (χ1) is 13.2. The largest absolute Gasteiger partial charge is 0.465 e. The lowest BCUT2D eigenvalue weighted by Gasteiger charge is -2.22. The number of benzene rings is 1. The Morgan fingerprint density at radius 3 is 2.00 bits per heavy atom. The second-order valence-corrected chi connectivity index (χ2v) is 7.18. The molecule has 0 radical (unpaired) electrons. The van der Waals surface area contributed by atoms with Gasteiger partial charge in [0.05, 0.1) is 19.8 Å². The van der Waals surface area contributed by atoms with Crippen molar-refractivity contribution in [2.75, 3.05) is 14.2 Å². The zero-order valence-corrected chi connectivity index (χ0v) is 17.6. The van der Waals surface area contributed by atoms with Gasteiger partial charge in [0.2, 0.25) is 0 Å². The number of carbonyl (C=O) groups excluding carboxylic acids is 2. The van der Waals surface area contributed by atoms with Gasteiger partial charge in [-0.05, 0) is 46.2 Å². The highest BCUT2D eigenvalue weighted by molar-refractivity contribution is 6.06. The molecule has 1 aromatic carbocycles. The van der Waals surface area contributed by atoms with Gasteiger partial charge in [0, 0.05) is 17.6 Å². The molecule has 0 aliphatic carbocycles. The first-order valence-corrected chi connectivity index (χ1v) is 9.28. The molecular formula is C22H28N2O4. The normalized spacial score (nSPS) is 11.8. The van der Waals surface area contributed by atoms with Crippen LogP contribution in [0.2, 0.25) is 0 Å². The number of hydrogen-bond acceptors (Lipinski definition) is 5. The van der Waals surface area contributed by atoms with Crippen molar-refractivity contribution in [2.45, 2.75) is 46.7 Å². The number of carbonyl (C=O) groups is 2. The van der Waals surface area contributed by atoms with Crippen molar-refractivity contribution in [1.29, 1.82) is 0 Å². The fourth-order valence-electron chi connectivity index (χ4n) is 3.09. The second-order valence-electron chi connectivity index (χ2n) is 7.18. The molecule has 0 aliphatic rings. The van der Waals surface area contributed by atoms with E-state index in [9.17, 15) is 9.59 Å². The van der Waals surface area contributed by atoms with Gasteiger partial charge in [-0.15, -0.1) is 0 Å². The van der Waals surface area contributed by atoms with Gasteiger partial charge in [0.15, 0.2) is 0 Å². The van der Waals surface area contributed by atoms with Crippen LogP contribution in [0.5, 0.6) is 0 Å². The minimum atomic E-state index is -0.608. The Kier molecular flexibility index (Phi) is 6.78. The van der Waals surface area contributed by atoms with E-state index in [2.05, 4.69) is 0 Å². The number of aromatic nitrogens is 1. The fourth-order valence-corrected chi connectivity index (χ4v) is 3.09. The summed E-state index contributed by atoms with van der Waals surface area (Å²) in [4.78, 5) is 30.2. The number of pyridine rings is 1. The van der Waals surface area contributed by atoms with E-state index < -0.39 is 11.9 Å². The Morgan fingerprint density at radius 2 is 1.54 bits per heavy atom. The van der Waals surface area contributed by atoms with Crippen LogP contribution in [0.1, 0.15) is 60.1 Å². The van der Waals surface area contributed by atoms with Crippen LogP contribution in [0, 0.1) is 6.92 Å². The molecule has 150 valence electrons. The van der Waals surface area contributed by atoms with Crippen molar-refractivity contribution >= 4 is 11.9 Å². The van der Waals surface area contributed by atoms with Crippen LogP contribution < -0.4 is 5.49 Å². The second kappa shape index (κ2) is 8.87. The van der Waals surface area contributed by atoms with Crippen molar-refractivity contribution in [2.24, 2.45) is 4.99 Å². The van der Waals surface area contributed by atoms with E-state index in [1.807, 2.05) is 65.0 Å². The summed E-state index contributed by atoms with van der Waals surface area (Å²) in [6, 6.07) is 9.46. The third-order valence-electron chi connectivity index (χ3n) is 4.31. The smallest absolute Gasteiger partial charge is 0.355 e. The number of rotatable bonds is 5. The molecule has 1 heterocycles. The van der Waals surface area contributed by atoms with Gasteiger partial charge >= 0.3 is 11.9 Å². The minimum absolute atomic E-state index is 0.00495. The number of hydrogen-bond donors (Lipinski definition) is 0. The van der Waals surface area contributed by atoms with E-state index in [0.29, 0.717) is 11.1 Å². The van der Waals surface area contributed by atoms with Gasteiger partial charge in [0.25, 0.3) is 0 Å². The van der Waals surface area contributed by atoms with Crippen LogP contribution >= 0.6 is 0 Å². The zero-order chi connectivity index (χ0) is 21.0. The molecule has 6 nitrogen and oxygen atoms in total. The van der Waals surface area contributed by atoms with Crippen LogP contribution in [-0.4, -0.2) is 36.8 Å². The highest BCUT2D eigenvalue weighted by Crippen LogP contribution is 2.28. The molecule has 0 unspecified atom stereocenters. The number of nitrogens with zero attached hydrogens (tertiary/aromatic N) is 2. The predicted octanol–water partition coefficient (Wildman–Crippen LogP) is 3.93. The van der Waals surface area contributed by atoms with E-state index in [1.54, 1.807) is 4.57 Å². The first-order valence-electron chi connectivity index (χ1n) is 9.28. The van der Waals surface area contributed by atoms with Crippen molar-refractivity contribution in [3.63, 3.8) is 0 Å². The molecule has 28 heavy (non-hydrogen) atoms. The van der Waals surface area contributed by atoms with Gasteiger partial charge in [-0.3, -0.25) is 4.99 Å². The van der Waals surface area contributed by atoms with E-state index in [1.165, 1.54) is 14.2 Å². The maximum absolute atomic E-state index is 12.8. The van der Waals surface area contributed by atoms with E-state index in [4.69, 9.17) is 14.5 Å². The molecule has 0 amide bonds. The molecule has 0 spiro atoms. The van der Waals surface area contributed by atoms with E-state index >= 15 is 0 Å². The molecular weight excluding hydrogens is 356 g/mol. The number of ether oxygens (including phenoxy) is 2. The third kappa shape index (κ3) is 4.32. The van der Waals surface area contributed by atoms with Gasteiger partial charge < -0.3 is 14.0 Å². The van der Waals surface area contributed by atoms with Gasteiger partial charge in [-0.2, -0.15) is 0 Å². The molecule has 0 N–H and O–H groups in total. The Hall–Kier alpha value is -2.89. The summed E-state index contributed by atoms with van der Waals surface area (Å²) in [5, 5.41) is 0. The Balaban J connectivity index is 3.08. The zero-order valence-electron chi connectivity index (χ0n) is 17.6. The van der Waals surface area contributed by atoms with Gasteiger partial charge in [0.1, 0.15) is 11.2 Å². The highest BCUT2D eigenvalue weighted by atomic mass is 16.5. The van der Waals surface area contributed by atoms with Crippen molar-refractivity contribution in [3.05, 3.63) is 52.6 Å². The van der Waals surface area contributed by atoms with Crippen LogP contribution in [0.3, 0.4) is 0 Å². The Labute approximate surface area is 165 Å². The van der Waals surface area contributed by atoms with Crippen LogP contribution in [0.25, 0.3) is 11.1 Å². The number of methoxy groups -OCH3 is 2. The molecule has 1 aromatic heterocycles. The summed E-state index contributed by atoms with van der Waals surface area (Å²) in [5.41, 5.74) is 3.40. The summed E-state index contributed by atoms with van der Waals surface area (Å²) in [7, 11) is 2.60. The average molecular weight is 384 g/mol. The maximum atomic E-state index is 12.8. The Bertz CT molecular complexity index is 938. The third-order valence-corrected chi connectivity index (χ3v) is 4.31. The number of esters is 2. The maximum Gasteiger partial charge on any atom is 0.355 e. The van der Waals surface area contributed by atoms with Crippen LogP contribution in [0.4, 0.5) is 0 Å². The first kappa shape index (κ1) is 21.4. The molecule has 2 rings (SSSR count). The molecule has 0 bridgehead atoms. The minimum Gasteiger partial charge on any atom is -0.465 e. The molecule has 0 saturated carbocycles. The molecule has 0 saturated heterocycles. The van der Waals surface area contributed by atoms with Crippen molar-refractivity contribution in [3.8, 4) is 11.1 Å². The van der Waals surface area contributed by atoms with Crippen LogP contribution in [-0.2, 0) is 9.47 Å². The highest BCUT2D eigenvalue weighted by Gasteiger charge is 2.28. The van der Waals surface area contributed by atoms with E-state index in [-0.39, 0.29) is 23.3 Å².